The minimum Gasteiger partial charge on any atom is -0.369 e. The molecule has 0 saturated heterocycles. The zero-order chi connectivity index (χ0) is 18.6. The van der Waals surface area contributed by atoms with Crippen LogP contribution in [-0.4, -0.2) is 44.1 Å². The van der Waals surface area contributed by atoms with E-state index in [-0.39, 0.29) is 11.1 Å². The van der Waals surface area contributed by atoms with E-state index in [4.69, 9.17) is 11.1 Å². The lowest BCUT2D eigenvalue weighted by molar-refractivity contribution is 0.273. The number of hydrogen-bond donors (Lipinski definition) is 0. The predicted molar refractivity (Wildman–Crippen MR) is 114 cm³/mol. The SMILES string of the molecule is CC(C)(C)N1C=CN(C(C)(C)C)[Si]1(Cl)C([Si](C)(C)C)[Si](C)(C)C. The molecule has 0 bridgehead atoms. The summed E-state index contributed by atoms with van der Waals surface area (Å²) in [5.74, 6) is 0. The summed E-state index contributed by atoms with van der Waals surface area (Å²) in [5.41, 5.74) is 0.115. The predicted octanol–water partition coefficient (Wildman–Crippen LogP) is 5.97. The van der Waals surface area contributed by atoms with Crippen LogP contribution in [0.15, 0.2) is 12.4 Å². The monoisotopic (exact) mass is 390 g/mol. The molecule has 0 fully saturated rings. The van der Waals surface area contributed by atoms with Crippen molar-refractivity contribution in [2.45, 2.75) is 96.7 Å². The number of rotatable bonds is 3. The zero-order valence-electron chi connectivity index (χ0n) is 17.5. The topological polar surface area (TPSA) is 6.48 Å². The summed E-state index contributed by atoms with van der Waals surface area (Å²) in [4.78, 5) is 0.678. The van der Waals surface area contributed by atoms with Crippen LogP contribution in [0, 0.1) is 0 Å². The van der Waals surface area contributed by atoms with Crippen LogP contribution in [0.5, 0.6) is 0 Å². The average molecular weight is 391 g/mol. The molecule has 0 amide bonds. The quantitative estimate of drug-likeness (QED) is 0.432. The summed E-state index contributed by atoms with van der Waals surface area (Å²) in [6.45, 7) is 29.0. The van der Waals surface area contributed by atoms with Crippen LogP contribution in [0.4, 0.5) is 0 Å². The van der Waals surface area contributed by atoms with Crippen molar-refractivity contribution in [2.24, 2.45) is 0 Å². The Morgan fingerprint density at radius 3 is 1.17 bits per heavy atom. The molecule has 0 aromatic carbocycles. The Bertz CT molecular complexity index is 426. The summed E-state index contributed by atoms with van der Waals surface area (Å²) in [7, 11) is -5.23. The summed E-state index contributed by atoms with van der Waals surface area (Å²) >= 11 is 7.80. The molecule has 136 valence electrons. The molecule has 6 heteroatoms. The smallest absolute Gasteiger partial charge is 0.363 e. The van der Waals surface area contributed by atoms with Crippen LogP contribution in [0.3, 0.4) is 0 Å². The van der Waals surface area contributed by atoms with Crippen LogP contribution >= 0.6 is 11.1 Å². The first kappa shape index (κ1) is 21.3. The molecule has 0 saturated carbocycles. The van der Waals surface area contributed by atoms with Crippen LogP contribution in [0.2, 0.25) is 44.1 Å². The number of halogens is 1. The molecule has 0 atom stereocenters. The van der Waals surface area contributed by atoms with E-state index in [1.807, 2.05) is 0 Å². The van der Waals surface area contributed by atoms with Gasteiger partial charge in [0.2, 0.25) is 0 Å². The third kappa shape index (κ3) is 4.10. The molecule has 23 heavy (non-hydrogen) atoms. The van der Waals surface area contributed by atoms with Gasteiger partial charge in [-0.25, -0.2) is 0 Å². The Kier molecular flexibility index (Phi) is 5.49. The van der Waals surface area contributed by atoms with Gasteiger partial charge >= 0.3 is 7.71 Å². The summed E-state index contributed by atoms with van der Waals surface area (Å²) < 4.78 is 5.13. The van der Waals surface area contributed by atoms with Gasteiger partial charge in [0.25, 0.3) is 0 Å². The Balaban J connectivity index is 3.64. The molecule has 0 unspecified atom stereocenters. The molecule has 2 nitrogen and oxygen atoms in total. The third-order valence-corrected chi connectivity index (χ3v) is 27.4. The molecule has 0 spiro atoms. The lowest BCUT2D eigenvalue weighted by atomic mass is 10.1. The Hall–Kier alpha value is 0.281. The Morgan fingerprint density at radius 2 is 1.00 bits per heavy atom. The van der Waals surface area contributed by atoms with Gasteiger partial charge in [-0.15, -0.1) is 11.1 Å². The highest BCUT2D eigenvalue weighted by Gasteiger charge is 2.64. The molecular weight excluding hydrogens is 352 g/mol. The van der Waals surface area contributed by atoms with Gasteiger partial charge in [0.15, 0.2) is 0 Å². The van der Waals surface area contributed by atoms with Crippen molar-refractivity contribution in [1.29, 1.82) is 0 Å². The van der Waals surface area contributed by atoms with Gasteiger partial charge in [0.1, 0.15) is 0 Å². The van der Waals surface area contributed by atoms with Crippen molar-refractivity contribution in [2.75, 3.05) is 0 Å². The minimum absolute atomic E-state index is 0.0576. The maximum absolute atomic E-state index is 7.80. The van der Waals surface area contributed by atoms with Gasteiger partial charge in [-0.2, -0.15) is 0 Å². The van der Waals surface area contributed by atoms with Crippen molar-refractivity contribution in [1.82, 2.24) is 9.13 Å². The highest BCUT2D eigenvalue weighted by molar-refractivity contribution is 7.30. The first-order chi connectivity index (χ1) is 9.84. The summed E-state index contributed by atoms with van der Waals surface area (Å²) in [6, 6.07) is 0. The second-order valence-corrected chi connectivity index (χ2v) is 28.0. The maximum atomic E-state index is 7.80. The second-order valence-electron chi connectivity index (χ2n) is 11.2. The first-order valence-corrected chi connectivity index (χ1v) is 18.9. The van der Waals surface area contributed by atoms with Crippen LogP contribution in [0.1, 0.15) is 41.5 Å². The molecule has 1 aliphatic heterocycles. The Morgan fingerprint density at radius 1 is 0.739 bits per heavy atom. The first-order valence-electron chi connectivity index (χ1n) is 8.80. The third-order valence-electron chi connectivity index (χ3n) is 4.59. The van der Waals surface area contributed by atoms with E-state index in [1.165, 1.54) is 0 Å². The van der Waals surface area contributed by atoms with Crippen molar-refractivity contribution >= 4 is 34.9 Å². The molecule has 1 aliphatic rings. The number of nitrogens with zero attached hydrogens (tertiary/aromatic N) is 2. The molecule has 1 heterocycles. The van der Waals surface area contributed by atoms with Gasteiger partial charge in [-0.05, 0) is 46.3 Å². The van der Waals surface area contributed by atoms with Gasteiger partial charge in [-0.1, -0.05) is 39.3 Å². The van der Waals surface area contributed by atoms with E-state index in [1.54, 1.807) is 0 Å². The molecule has 0 aromatic rings. The van der Waals surface area contributed by atoms with Crippen molar-refractivity contribution in [3.8, 4) is 0 Å². The molecule has 1 rings (SSSR count). The average Bonchev–Trinajstić information content (AvgIpc) is 2.48. The fourth-order valence-electron chi connectivity index (χ4n) is 4.53. The van der Waals surface area contributed by atoms with E-state index in [9.17, 15) is 0 Å². The minimum atomic E-state index is -2.36. The largest absolute Gasteiger partial charge is 0.369 e. The van der Waals surface area contributed by atoms with Gasteiger partial charge in [0, 0.05) is 39.6 Å². The van der Waals surface area contributed by atoms with E-state index < -0.39 is 23.9 Å². The van der Waals surface area contributed by atoms with Crippen LogP contribution in [-0.2, 0) is 0 Å². The summed E-state index contributed by atoms with van der Waals surface area (Å²) in [6.07, 6.45) is 4.58. The molecule has 0 radical (unpaired) electrons. The molecule has 0 aliphatic carbocycles. The lowest BCUT2D eigenvalue weighted by Crippen LogP contribution is -2.73. The normalized spacial score (nSPS) is 19.9. The fourth-order valence-corrected chi connectivity index (χ4v) is 36.4. The van der Waals surface area contributed by atoms with E-state index in [0.717, 1.165) is 0 Å². The fraction of sp³-hybridized carbons (Fsp3) is 0.882. The zero-order valence-corrected chi connectivity index (χ0v) is 21.3. The summed E-state index contributed by atoms with van der Waals surface area (Å²) in [5, 5.41) is 0. The highest BCUT2D eigenvalue weighted by atomic mass is 35.6. The maximum Gasteiger partial charge on any atom is 0.363 e. The van der Waals surface area contributed by atoms with Gasteiger partial charge in [-0.3, -0.25) is 0 Å². The lowest BCUT2D eigenvalue weighted by Gasteiger charge is -2.57. The van der Waals surface area contributed by atoms with Crippen LogP contribution < -0.4 is 0 Å². The van der Waals surface area contributed by atoms with Crippen molar-refractivity contribution in [3.63, 3.8) is 0 Å². The molecule has 0 aromatic heterocycles. The van der Waals surface area contributed by atoms with E-state index in [2.05, 4.69) is 102 Å². The van der Waals surface area contributed by atoms with Gasteiger partial charge < -0.3 is 9.13 Å². The van der Waals surface area contributed by atoms with Gasteiger partial charge in [0.05, 0.1) is 0 Å². The van der Waals surface area contributed by atoms with E-state index in [0.29, 0.717) is 4.79 Å². The Labute approximate surface area is 153 Å². The molecular formula is C17H39ClN2Si3. The van der Waals surface area contributed by atoms with E-state index >= 15 is 0 Å². The van der Waals surface area contributed by atoms with Crippen molar-refractivity contribution < 1.29 is 0 Å². The number of hydrogen-bond acceptors (Lipinski definition) is 2. The van der Waals surface area contributed by atoms with Crippen molar-refractivity contribution in [3.05, 3.63) is 12.4 Å². The highest BCUT2D eigenvalue weighted by Crippen LogP contribution is 2.51. The molecule has 0 N–H and O–H groups in total. The second kappa shape index (κ2) is 5.92. The standard InChI is InChI=1S/C17H39ClN2Si3/c1-16(2,3)19-13-14-20(17(4,5)6)23(19,18)15(21(7,8)9)22(10,11)12/h13-15H,1-12H3. The van der Waals surface area contributed by atoms with Crippen LogP contribution in [0.25, 0.3) is 0 Å².